The molecule has 0 aromatic heterocycles. The van der Waals surface area contributed by atoms with E-state index < -0.39 is 9.05 Å². The number of hydrogen-bond acceptors (Lipinski definition) is 3. The molecule has 1 aromatic carbocycles. The van der Waals surface area contributed by atoms with Crippen LogP contribution < -0.4 is 5.32 Å². The first-order valence-corrected chi connectivity index (χ1v) is 9.32. The van der Waals surface area contributed by atoms with Crippen LogP contribution in [0.25, 0.3) is 0 Å². The van der Waals surface area contributed by atoms with Gasteiger partial charge in [-0.3, -0.25) is 4.79 Å². The van der Waals surface area contributed by atoms with Crippen LogP contribution in [0.1, 0.15) is 43.1 Å². The number of amides is 1. The van der Waals surface area contributed by atoms with Gasteiger partial charge in [0.05, 0.1) is 4.90 Å². The lowest BCUT2D eigenvalue weighted by atomic mass is 10.1. The molecule has 0 aliphatic heterocycles. The van der Waals surface area contributed by atoms with Crippen LogP contribution in [-0.4, -0.2) is 20.9 Å². The fraction of sp³-hybridized carbons (Fsp3) is 0.533. The SMILES string of the molecule is CCc1ccc(C(=O)NCC2CC2(C)C)cc1S(=O)(=O)Cl. The molecule has 1 aliphatic rings. The predicted molar refractivity (Wildman–Crippen MR) is 83.1 cm³/mol. The molecule has 0 radical (unpaired) electrons. The monoisotopic (exact) mass is 329 g/mol. The number of nitrogens with one attached hydrogen (secondary N) is 1. The van der Waals surface area contributed by atoms with Gasteiger partial charge in [0.25, 0.3) is 15.0 Å². The van der Waals surface area contributed by atoms with E-state index in [4.69, 9.17) is 10.7 Å². The number of hydrogen-bond donors (Lipinski definition) is 1. The summed E-state index contributed by atoms with van der Waals surface area (Å²) in [5.41, 5.74) is 1.24. The molecule has 0 bridgehead atoms. The minimum Gasteiger partial charge on any atom is -0.352 e. The molecule has 1 unspecified atom stereocenters. The molecule has 1 amide bonds. The van der Waals surface area contributed by atoms with Crippen LogP contribution in [0, 0.1) is 11.3 Å². The van der Waals surface area contributed by atoms with Crippen LogP contribution >= 0.6 is 10.7 Å². The third-order valence-electron chi connectivity index (χ3n) is 4.20. The maximum Gasteiger partial charge on any atom is 0.261 e. The van der Waals surface area contributed by atoms with Crippen molar-refractivity contribution < 1.29 is 13.2 Å². The van der Waals surface area contributed by atoms with Crippen LogP contribution in [0.15, 0.2) is 23.1 Å². The summed E-state index contributed by atoms with van der Waals surface area (Å²) >= 11 is 0. The van der Waals surface area contributed by atoms with Gasteiger partial charge in [-0.1, -0.05) is 26.8 Å². The summed E-state index contributed by atoms with van der Waals surface area (Å²) in [6.45, 7) is 6.79. The molecule has 0 heterocycles. The maximum absolute atomic E-state index is 12.1. The van der Waals surface area contributed by atoms with Gasteiger partial charge in [-0.05, 0) is 41.9 Å². The van der Waals surface area contributed by atoms with E-state index in [1.165, 1.54) is 6.07 Å². The van der Waals surface area contributed by atoms with Gasteiger partial charge in [-0.15, -0.1) is 0 Å². The van der Waals surface area contributed by atoms with Crippen molar-refractivity contribution >= 4 is 25.6 Å². The van der Waals surface area contributed by atoms with Crippen molar-refractivity contribution in [3.05, 3.63) is 29.3 Å². The Morgan fingerprint density at radius 3 is 2.52 bits per heavy atom. The lowest BCUT2D eigenvalue weighted by Crippen LogP contribution is -2.26. The molecule has 6 heteroatoms. The van der Waals surface area contributed by atoms with Crippen molar-refractivity contribution in [3.63, 3.8) is 0 Å². The highest BCUT2D eigenvalue weighted by Crippen LogP contribution is 2.50. The van der Waals surface area contributed by atoms with E-state index in [2.05, 4.69) is 19.2 Å². The first kappa shape index (κ1) is 16.3. The Balaban J connectivity index is 2.15. The number of carbonyl (C=O) groups excluding carboxylic acids is 1. The van der Waals surface area contributed by atoms with Crippen molar-refractivity contribution in [2.45, 2.75) is 38.5 Å². The van der Waals surface area contributed by atoms with Crippen LogP contribution in [-0.2, 0) is 15.5 Å². The molecular weight excluding hydrogens is 310 g/mol. The van der Waals surface area contributed by atoms with Crippen molar-refractivity contribution in [2.75, 3.05) is 6.54 Å². The van der Waals surface area contributed by atoms with E-state index in [0.29, 0.717) is 35.4 Å². The van der Waals surface area contributed by atoms with Crippen molar-refractivity contribution in [2.24, 2.45) is 11.3 Å². The fourth-order valence-electron chi connectivity index (χ4n) is 2.46. The molecule has 21 heavy (non-hydrogen) atoms. The highest BCUT2D eigenvalue weighted by molar-refractivity contribution is 8.13. The highest BCUT2D eigenvalue weighted by Gasteiger charge is 2.45. The van der Waals surface area contributed by atoms with Gasteiger partial charge >= 0.3 is 0 Å². The summed E-state index contributed by atoms with van der Waals surface area (Å²) in [6, 6.07) is 4.64. The summed E-state index contributed by atoms with van der Waals surface area (Å²) in [5, 5.41) is 2.86. The molecule has 0 spiro atoms. The lowest BCUT2D eigenvalue weighted by Gasteiger charge is -2.09. The molecular formula is C15H20ClNO3S. The van der Waals surface area contributed by atoms with E-state index in [0.717, 1.165) is 6.42 Å². The Morgan fingerprint density at radius 1 is 1.43 bits per heavy atom. The molecule has 1 atom stereocenters. The van der Waals surface area contributed by atoms with Gasteiger partial charge < -0.3 is 5.32 Å². The van der Waals surface area contributed by atoms with Crippen LogP contribution in [0.2, 0.25) is 0 Å². The van der Waals surface area contributed by atoms with Gasteiger partial charge in [0.15, 0.2) is 0 Å². The minimum absolute atomic E-state index is 0.0195. The lowest BCUT2D eigenvalue weighted by molar-refractivity contribution is 0.0950. The largest absolute Gasteiger partial charge is 0.352 e. The first-order chi connectivity index (χ1) is 9.65. The van der Waals surface area contributed by atoms with E-state index in [1.807, 2.05) is 6.92 Å². The van der Waals surface area contributed by atoms with Crippen LogP contribution in [0.4, 0.5) is 0 Å². The molecule has 0 saturated heterocycles. The second-order valence-electron chi connectivity index (χ2n) is 6.21. The third-order valence-corrected chi connectivity index (χ3v) is 5.60. The molecule has 2 rings (SSSR count). The number of carbonyl (C=O) groups is 1. The maximum atomic E-state index is 12.1. The average Bonchev–Trinajstić information content (AvgIpc) is 3.01. The number of benzene rings is 1. The molecule has 1 aliphatic carbocycles. The zero-order valence-corrected chi connectivity index (χ0v) is 14.0. The average molecular weight is 330 g/mol. The quantitative estimate of drug-likeness (QED) is 0.845. The molecule has 116 valence electrons. The fourth-order valence-corrected chi connectivity index (χ4v) is 3.68. The van der Waals surface area contributed by atoms with Gasteiger partial charge in [0.2, 0.25) is 0 Å². The number of aryl methyl sites for hydroxylation is 1. The Hall–Kier alpha value is -1.07. The zero-order chi connectivity index (χ0) is 15.8. The van der Waals surface area contributed by atoms with Crippen molar-refractivity contribution in [3.8, 4) is 0 Å². The van der Waals surface area contributed by atoms with E-state index in [1.54, 1.807) is 12.1 Å². The van der Waals surface area contributed by atoms with E-state index in [9.17, 15) is 13.2 Å². The molecule has 1 N–H and O–H groups in total. The molecule has 1 saturated carbocycles. The van der Waals surface area contributed by atoms with E-state index in [-0.39, 0.29) is 10.8 Å². The predicted octanol–water partition coefficient (Wildman–Crippen LogP) is 2.95. The van der Waals surface area contributed by atoms with Gasteiger partial charge in [-0.25, -0.2) is 8.42 Å². The zero-order valence-electron chi connectivity index (χ0n) is 12.4. The Labute approximate surface area is 130 Å². The summed E-state index contributed by atoms with van der Waals surface area (Å²) in [6.07, 6.45) is 1.64. The topological polar surface area (TPSA) is 63.2 Å². The number of halogens is 1. The molecule has 1 fully saturated rings. The molecule has 4 nitrogen and oxygen atoms in total. The van der Waals surface area contributed by atoms with E-state index >= 15 is 0 Å². The van der Waals surface area contributed by atoms with Crippen LogP contribution in [0.5, 0.6) is 0 Å². The van der Waals surface area contributed by atoms with Crippen molar-refractivity contribution in [1.82, 2.24) is 5.32 Å². The van der Waals surface area contributed by atoms with Crippen molar-refractivity contribution in [1.29, 1.82) is 0 Å². The van der Waals surface area contributed by atoms with Gasteiger partial charge in [0, 0.05) is 22.8 Å². The normalized spacial score (nSPS) is 20.1. The van der Waals surface area contributed by atoms with Gasteiger partial charge in [0.1, 0.15) is 0 Å². The summed E-state index contributed by atoms with van der Waals surface area (Å²) < 4.78 is 23.2. The second-order valence-corrected chi connectivity index (χ2v) is 8.75. The summed E-state index contributed by atoms with van der Waals surface area (Å²) in [5.74, 6) is 0.231. The Bertz CT molecular complexity index is 667. The smallest absolute Gasteiger partial charge is 0.261 e. The highest BCUT2D eigenvalue weighted by atomic mass is 35.7. The summed E-state index contributed by atoms with van der Waals surface area (Å²) in [4.78, 5) is 12.1. The Morgan fingerprint density at radius 2 is 2.05 bits per heavy atom. The van der Waals surface area contributed by atoms with Crippen LogP contribution in [0.3, 0.4) is 0 Å². The number of rotatable bonds is 5. The first-order valence-electron chi connectivity index (χ1n) is 7.01. The second kappa shape index (κ2) is 5.61. The minimum atomic E-state index is -3.85. The Kier molecular flexibility index (Phi) is 4.36. The summed E-state index contributed by atoms with van der Waals surface area (Å²) in [7, 11) is 1.59. The standard InChI is InChI=1S/C15H20ClNO3S/c1-4-10-5-6-11(7-13(10)21(16,19)20)14(18)17-9-12-8-15(12,2)3/h5-7,12H,4,8-9H2,1-3H3,(H,17,18). The third kappa shape index (κ3) is 3.77. The van der Waals surface area contributed by atoms with Gasteiger partial charge in [-0.2, -0.15) is 0 Å². The molecule has 1 aromatic rings.